The van der Waals surface area contributed by atoms with E-state index in [0.717, 1.165) is 19.5 Å². The maximum atomic E-state index is 5.66. The van der Waals surface area contributed by atoms with Gasteiger partial charge in [0.2, 0.25) is 0 Å². The number of benzene rings is 1. The summed E-state index contributed by atoms with van der Waals surface area (Å²) in [7, 11) is 0. The molecule has 0 aromatic heterocycles. The van der Waals surface area contributed by atoms with Gasteiger partial charge in [0.25, 0.3) is 0 Å². The van der Waals surface area contributed by atoms with E-state index in [9.17, 15) is 0 Å². The van der Waals surface area contributed by atoms with Crippen molar-refractivity contribution in [3.8, 4) is 0 Å². The van der Waals surface area contributed by atoms with Gasteiger partial charge in [-0.25, -0.2) is 0 Å². The van der Waals surface area contributed by atoms with E-state index < -0.39 is 0 Å². The predicted octanol–water partition coefficient (Wildman–Crippen LogP) is 1.55. The Morgan fingerprint density at radius 1 is 1.38 bits per heavy atom. The van der Waals surface area contributed by atoms with Crippen molar-refractivity contribution in [2.75, 3.05) is 31.1 Å². The molecule has 0 radical (unpaired) electrons. The average Bonchev–Trinajstić information content (AvgIpc) is 2.76. The van der Waals surface area contributed by atoms with E-state index >= 15 is 0 Å². The normalized spacial score (nSPS) is 20.4. The molecule has 0 saturated carbocycles. The third-order valence-electron chi connectivity index (χ3n) is 3.02. The van der Waals surface area contributed by atoms with Crippen LogP contribution in [0.1, 0.15) is 12.0 Å². The molecule has 2 N–H and O–H groups in total. The Kier molecular flexibility index (Phi) is 3.80. The molecule has 0 spiro atoms. The molecular formula is C13H20N2O. The quantitative estimate of drug-likeness (QED) is 0.836. The SMILES string of the molecule is Cc1ccc(N2CCC(OCCN)C2)cc1. The highest BCUT2D eigenvalue weighted by molar-refractivity contribution is 5.48. The van der Waals surface area contributed by atoms with E-state index in [1.54, 1.807) is 0 Å². The molecule has 0 aliphatic carbocycles. The number of aryl methyl sites for hydroxylation is 1. The standard InChI is InChI=1S/C13H20N2O/c1-11-2-4-12(5-3-11)15-8-6-13(10-15)16-9-7-14/h2-5,13H,6-10,14H2,1H3. The van der Waals surface area contributed by atoms with E-state index in [1.807, 2.05) is 0 Å². The monoisotopic (exact) mass is 220 g/mol. The summed E-state index contributed by atoms with van der Waals surface area (Å²) in [5.41, 5.74) is 8.03. The molecule has 16 heavy (non-hydrogen) atoms. The minimum absolute atomic E-state index is 0.352. The van der Waals surface area contributed by atoms with Crippen LogP contribution in [0.2, 0.25) is 0 Å². The minimum atomic E-state index is 0.352. The fraction of sp³-hybridized carbons (Fsp3) is 0.538. The van der Waals surface area contributed by atoms with E-state index in [4.69, 9.17) is 10.5 Å². The van der Waals surface area contributed by atoms with Crippen molar-refractivity contribution in [3.05, 3.63) is 29.8 Å². The van der Waals surface area contributed by atoms with Gasteiger partial charge in [0.1, 0.15) is 0 Å². The van der Waals surface area contributed by atoms with Gasteiger partial charge < -0.3 is 15.4 Å². The third kappa shape index (κ3) is 2.74. The molecule has 88 valence electrons. The van der Waals surface area contributed by atoms with Crippen LogP contribution in [-0.2, 0) is 4.74 Å². The Morgan fingerprint density at radius 3 is 2.81 bits per heavy atom. The fourth-order valence-electron chi connectivity index (χ4n) is 2.09. The Morgan fingerprint density at radius 2 is 2.12 bits per heavy atom. The van der Waals surface area contributed by atoms with Gasteiger partial charge in [-0.3, -0.25) is 0 Å². The Bertz CT molecular complexity index is 323. The summed E-state index contributed by atoms with van der Waals surface area (Å²) in [5, 5.41) is 0. The van der Waals surface area contributed by atoms with Crippen LogP contribution in [0.15, 0.2) is 24.3 Å². The van der Waals surface area contributed by atoms with Crippen molar-refractivity contribution in [1.82, 2.24) is 0 Å². The van der Waals surface area contributed by atoms with Crippen LogP contribution in [0.4, 0.5) is 5.69 Å². The maximum absolute atomic E-state index is 5.66. The van der Waals surface area contributed by atoms with Gasteiger partial charge in [-0.05, 0) is 25.5 Å². The van der Waals surface area contributed by atoms with Gasteiger partial charge >= 0.3 is 0 Å². The molecule has 1 aliphatic rings. The highest BCUT2D eigenvalue weighted by Gasteiger charge is 2.22. The highest BCUT2D eigenvalue weighted by atomic mass is 16.5. The van der Waals surface area contributed by atoms with Crippen LogP contribution in [-0.4, -0.2) is 32.3 Å². The van der Waals surface area contributed by atoms with Crippen molar-refractivity contribution < 1.29 is 4.74 Å². The Hall–Kier alpha value is -1.06. The molecule has 0 amide bonds. The van der Waals surface area contributed by atoms with E-state index in [-0.39, 0.29) is 0 Å². The second-order valence-corrected chi connectivity index (χ2v) is 4.35. The topological polar surface area (TPSA) is 38.5 Å². The first-order chi connectivity index (χ1) is 7.79. The molecule has 3 nitrogen and oxygen atoms in total. The fourth-order valence-corrected chi connectivity index (χ4v) is 2.09. The van der Waals surface area contributed by atoms with Crippen LogP contribution >= 0.6 is 0 Å². The second kappa shape index (κ2) is 5.32. The molecule has 1 heterocycles. The zero-order valence-electron chi connectivity index (χ0n) is 9.86. The molecular weight excluding hydrogens is 200 g/mol. The van der Waals surface area contributed by atoms with Crippen LogP contribution in [0.5, 0.6) is 0 Å². The van der Waals surface area contributed by atoms with Crippen molar-refractivity contribution in [3.63, 3.8) is 0 Å². The van der Waals surface area contributed by atoms with Gasteiger partial charge in [-0.2, -0.15) is 0 Å². The summed E-state index contributed by atoms with van der Waals surface area (Å²) in [4.78, 5) is 2.38. The van der Waals surface area contributed by atoms with Gasteiger partial charge in [0, 0.05) is 25.3 Å². The van der Waals surface area contributed by atoms with Crippen molar-refractivity contribution in [2.45, 2.75) is 19.4 Å². The highest BCUT2D eigenvalue weighted by Crippen LogP contribution is 2.21. The summed E-state index contributed by atoms with van der Waals surface area (Å²) in [6.45, 7) is 5.47. The lowest BCUT2D eigenvalue weighted by Gasteiger charge is -2.18. The molecule has 1 atom stereocenters. The summed E-state index contributed by atoms with van der Waals surface area (Å²) in [6.07, 6.45) is 1.46. The lowest BCUT2D eigenvalue weighted by atomic mass is 10.2. The molecule has 2 rings (SSSR count). The van der Waals surface area contributed by atoms with E-state index in [0.29, 0.717) is 19.3 Å². The average molecular weight is 220 g/mol. The third-order valence-corrected chi connectivity index (χ3v) is 3.02. The van der Waals surface area contributed by atoms with Gasteiger partial charge in [-0.1, -0.05) is 17.7 Å². The van der Waals surface area contributed by atoms with E-state index in [2.05, 4.69) is 36.1 Å². The van der Waals surface area contributed by atoms with Crippen LogP contribution in [0.3, 0.4) is 0 Å². The summed E-state index contributed by atoms with van der Waals surface area (Å²) in [6, 6.07) is 8.67. The van der Waals surface area contributed by atoms with Gasteiger partial charge in [0.15, 0.2) is 0 Å². The van der Waals surface area contributed by atoms with Gasteiger partial charge in [0.05, 0.1) is 12.7 Å². The van der Waals surface area contributed by atoms with Crippen LogP contribution in [0, 0.1) is 6.92 Å². The first-order valence-electron chi connectivity index (χ1n) is 5.93. The molecule has 1 saturated heterocycles. The number of nitrogens with zero attached hydrogens (tertiary/aromatic N) is 1. The molecule has 1 unspecified atom stereocenters. The largest absolute Gasteiger partial charge is 0.375 e. The number of rotatable bonds is 4. The zero-order valence-corrected chi connectivity index (χ0v) is 9.86. The number of nitrogens with two attached hydrogens (primary N) is 1. The maximum Gasteiger partial charge on any atom is 0.0767 e. The molecule has 0 bridgehead atoms. The van der Waals surface area contributed by atoms with Crippen molar-refractivity contribution >= 4 is 5.69 Å². The zero-order chi connectivity index (χ0) is 11.4. The summed E-state index contributed by atoms with van der Waals surface area (Å²) < 4.78 is 5.66. The van der Waals surface area contributed by atoms with Crippen LogP contribution < -0.4 is 10.6 Å². The van der Waals surface area contributed by atoms with Crippen molar-refractivity contribution in [1.29, 1.82) is 0 Å². The molecule has 1 aromatic rings. The van der Waals surface area contributed by atoms with Crippen LogP contribution in [0.25, 0.3) is 0 Å². The minimum Gasteiger partial charge on any atom is -0.375 e. The molecule has 3 heteroatoms. The van der Waals surface area contributed by atoms with Gasteiger partial charge in [-0.15, -0.1) is 0 Å². The van der Waals surface area contributed by atoms with E-state index in [1.165, 1.54) is 11.3 Å². The second-order valence-electron chi connectivity index (χ2n) is 4.35. The first-order valence-corrected chi connectivity index (χ1v) is 5.93. The molecule has 1 aromatic carbocycles. The number of hydrogen-bond acceptors (Lipinski definition) is 3. The number of hydrogen-bond donors (Lipinski definition) is 1. The molecule has 1 fully saturated rings. The summed E-state index contributed by atoms with van der Waals surface area (Å²) in [5.74, 6) is 0. The van der Waals surface area contributed by atoms with Crippen molar-refractivity contribution in [2.24, 2.45) is 5.73 Å². The number of anilines is 1. The summed E-state index contributed by atoms with van der Waals surface area (Å²) >= 11 is 0. The lowest BCUT2D eigenvalue weighted by Crippen LogP contribution is -2.24. The predicted molar refractivity (Wildman–Crippen MR) is 66.8 cm³/mol. The Labute approximate surface area is 97.2 Å². The Balaban J connectivity index is 1.90. The number of ether oxygens (including phenoxy) is 1. The lowest BCUT2D eigenvalue weighted by molar-refractivity contribution is 0.0742. The first kappa shape index (κ1) is 11.4. The smallest absolute Gasteiger partial charge is 0.0767 e. The molecule has 1 aliphatic heterocycles.